The smallest absolute Gasteiger partial charge is 0.410 e. The van der Waals surface area contributed by atoms with Crippen molar-refractivity contribution in [2.24, 2.45) is 0 Å². The Morgan fingerprint density at radius 1 is 1.12 bits per heavy atom. The van der Waals surface area contributed by atoms with Crippen molar-refractivity contribution < 1.29 is 9.53 Å². The zero-order chi connectivity index (χ0) is 16.4. The molecule has 2 bridgehead atoms. The van der Waals surface area contributed by atoms with Crippen LogP contribution in [0.5, 0.6) is 0 Å². The standard InChI is InChI=1S/C21H25NO2/c23-21(24-15-16-7-2-1-3-8-16)22-19-11-6-12-20(22)14-18(13-19)17-9-4-5-10-17/h1-3,7-9,13,19-20H,4-6,10-12,14-15H2. The van der Waals surface area contributed by atoms with Crippen LogP contribution >= 0.6 is 0 Å². The van der Waals surface area contributed by atoms with Gasteiger partial charge >= 0.3 is 6.09 Å². The number of carbonyl (C=O) groups excluding carboxylic acids is 1. The van der Waals surface area contributed by atoms with Gasteiger partial charge in [-0.05, 0) is 61.7 Å². The Morgan fingerprint density at radius 3 is 2.75 bits per heavy atom. The Bertz CT molecular complexity index is 662. The maximum absolute atomic E-state index is 12.7. The highest BCUT2D eigenvalue weighted by atomic mass is 16.6. The summed E-state index contributed by atoms with van der Waals surface area (Å²) >= 11 is 0. The van der Waals surface area contributed by atoms with Gasteiger partial charge in [0.05, 0.1) is 6.04 Å². The second-order valence-corrected chi connectivity index (χ2v) is 7.12. The van der Waals surface area contributed by atoms with Crippen LogP contribution in [-0.2, 0) is 11.3 Å². The summed E-state index contributed by atoms with van der Waals surface area (Å²) in [4.78, 5) is 14.7. The van der Waals surface area contributed by atoms with E-state index in [4.69, 9.17) is 4.74 Å². The molecule has 2 aliphatic heterocycles. The van der Waals surface area contributed by atoms with Gasteiger partial charge in [0.25, 0.3) is 0 Å². The summed E-state index contributed by atoms with van der Waals surface area (Å²) in [6.07, 6.45) is 12.7. The molecule has 126 valence electrons. The van der Waals surface area contributed by atoms with Gasteiger partial charge in [-0.2, -0.15) is 0 Å². The van der Waals surface area contributed by atoms with E-state index in [-0.39, 0.29) is 12.1 Å². The molecule has 1 saturated heterocycles. The molecule has 1 aromatic carbocycles. The Kier molecular flexibility index (Phi) is 4.42. The molecule has 2 atom stereocenters. The van der Waals surface area contributed by atoms with Crippen molar-refractivity contribution >= 4 is 6.09 Å². The second-order valence-electron chi connectivity index (χ2n) is 7.12. The van der Waals surface area contributed by atoms with Crippen LogP contribution in [0.2, 0.25) is 0 Å². The third-order valence-electron chi connectivity index (χ3n) is 5.51. The van der Waals surface area contributed by atoms with Crippen molar-refractivity contribution in [1.29, 1.82) is 0 Å². The summed E-state index contributed by atoms with van der Waals surface area (Å²) < 4.78 is 5.61. The molecule has 4 rings (SSSR count). The molecule has 3 heteroatoms. The lowest BCUT2D eigenvalue weighted by atomic mass is 9.83. The molecule has 1 amide bonds. The van der Waals surface area contributed by atoms with E-state index in [0.717, 1.165) is 24.8 Å². The molecule has 1 fully saturated rings. The lowest BCUT2D eigenvalue weighted by Crippen LogP contribution is -2.52. The van der Waals surface area contributed by atoms with E-state index < -0.39 is 0 Å². The van der Waals surface area contributed by atoms with Crippen molar-refractivity contribution in [3.63, 3.8) is 0 Å². The largest absolute Gasteiger partial charge is 0.445 e. The lowest BCUT2D eigenvalue weighted by Gasteiger charge is -2.44. The Labute approximate surface area is 144 Å². The number of hydrogen-bond donors (Lipinski definition) is 0. The summed E-state index contributed by atoms with van der Waals surface area (Å²) in [6.45, 7) is 0.358. The Morgan fingerprint density at radius 2 is 2.00 bits per heavy atom. The maximum Gasteiger partial charge on any atom is 0.410 e. The summed E-state index contributed by atoms with van der Waals surface area (Å²) in [6, 6.07) is 10.5. The van der Waals surface area contributed by atoms with E-state index in [1.54, 1.807) is 0 Å². The van der Waals surface area contributed by atoms with Crippen molar-refractivity contribution in [2.45, 2.75) is 63.6 Å². The van der Waals surface area contributed by atoms with Crippen LogP contribution in [0.25, 0.3) is 0 Å². The number of nitrogens with zero attached hydrogens (tertiary/aromatic N) is 1. The number of piperidine rings is 1. The van der Waals surface area contributed by atoms with E-state index >= 15 is 0 Å². The second kappa shape index (κ2) is 6.84. The number of rotatable bonds is 3. The number of fused-ring (bicyclic) bond motifs is 2. The summed E-state index contributed by atoms with van der Waals surface area (Å²) in [5.41, 5.74) is 4.07. The molecule has 0 saturated carbocycles. The fraction of sp³-hybridized carbons (Fsp3) is 0.476. The van der Waals surface area contributed by atoms with Crippen molar-refractivity contribution in [2.75, 3.05) is 0 Å². The molecule has 0 radical (unpaired) electrons. The first kappa shape index (κ1) is 15.5. The predicted octanol–water partition coefficient (Wildman–Crippen LogP) is 4.99. The van der Waals surface area contributed by atoms with Gasteiger partial charge in [0.2, 0.25) is 0 Å². The van der Waals surface area contributed by atoms with Gasteiger partial charge in [-0.3, -0.25) is 4.90 Å². The molecule has 24 heavy (non-hydrogen) atoms. The van der Waals surface area contributed by atoms with E-state index in [9.17, 15) is 4.79 Å². The fourth-order valence-corrected chi connectivity index (χ4v) is 4.31. The molecule has 0 N–H and O–H groups in total. The van der Waals surface area contributed by atoms with Crippen LogP contribution < -0.4 is 0 Å². The molecular weight excluding hydrogens is 298 g/mol. The molecule has 2 unspecified atom stereocenters. The number of benzene rings is 1. The molecular formula is C21H25NO2. The maximum atomic E-state index is 12.7. The number of amides is 1. The zero-order valence-electron chi connectivity index (χ0n) is 14.1. The molecule has 0 aromatic heterocycles. The molecule has 3 nitrogen and oxygen atoms in total. The van der Waals surface area contributed by atoms with Crippen molar-refractivity contribution in [3.05, 3.63) is 59.2 Å². The zero-order valence-corrected chi connectivity index (χ0v) is 14.1. The van der Waals surface area contributed by atoms with Gasteiger partial charge in [0.15, 0.2) is 0 Å². The van der Waals surface area contributed by atoms with Crippen molar-refractivity contribution in [1.82, 2.24) is 4.90 Å². The molecule has 0 spiro atoms. The van der Waals surface area contributed by atoms with E-state index in [0.29, 0.717) is 12.6 Å². The van der Waals surface area contributed by atoms with E-state index in [1.807, 2.05) is 35.2 Å². The monoisotopic (exact) mass is 323 g/mol. The molecule has 2 heterocycles. The normalized spacial score (nSPS) is 25.9. The highest BCUT2D eigenvalue weighted by Crippen LogP contribution is 2.38. The average Bonchev–Trinajstić information content (AvgIpc) is 3.14. The molecule has 3 aliphatic rings. The summed E-state index contributed by atoms with van der Waals surface area (Å²) in [5, 5.41) is 0. The summed E-state index contributed by atoms with van der Waals surface area (Å²) in [7, 11) is 0. The average molecular weight is 323 g/mol. The topological polar surface area (TPSA) is 29.5 Å². The lowest BCUT2D eigenvalue weighted by molar-refractivity contribution is 0.0486. The van der Waals surface area contributed by atoms with E-state index in [2.05, 4.69) is 12.2 Å². The van der Waals surface area contributed by atoms with Gasteiger partial charge in [0.1, 0.15) is 6.61 Å². The van der Waals surface area contributed by atoms with Crippen LogP contribution in [0, 0.1) is 0 Å². The molecule has 1 aromatic rings. The highest BCUT2D eigenvalue weighted by Gasteiger charge is 2.38. The molecule has 1 aliphatic carbocycles. The number of ether oxygens (including phenoxy) is 1. The minimum atomic E-state index is -0.149. The first-order valence-corrected chi connectivity index (χ1v) is 9.20. The van der Waals surface area contributed by atoms with Crippen LogP contribution in [0.3, 0.4) is 0 Å². The van der Waals surface area contributed by atoms with Crippen LogP contribution in [0.4, 0.5) is 4.79 Å². The Balaban J connectivity index is 1.46. The van der Waals surface area contributed by atoms with Gasteiger partial charge in [-0.1, -0.05) is 42.5 Å². The minimum Gasteiger partial charge on any atom is -0.445 e. The number of carbonyl (C=O) groups is 1. The van der Waals surface area contributed by atoms with Gasteiger partial charge in [-0.25, -0.2) is 4.79 Å². The minimum absolute atomic E-state index is 0.149. The van der Waals surface area contributed by atoms with E-state index in [1.165, 1.54) is 36.8 Å². The third-order valence-corrected chi connectivity index (χ3v) is 5.51. The van der Waals surface area contributed by atoms with Gasteiger partial charge in [0, 0.05) is 6.04 Å². The van der Waals surface area contributed by atoms with Crippen LogP contribution in [-0.4, -0.2) is 23.1 Å². The first-order valence-electron chi connectivity index (χ1n) is 9.20. The van der Waals surface area contributed by atoms with Crippen molar-refractivity contribution in [3.8, 4) is 0 Å². The summed E-state index contributed by atoms with van der Waals surface area (Å²) in [5.74, 6) is 0. The Hall–Kier alpha value is -2.03. The highest BCUT2D eigenvalue weighted by molar-refractivity contribution is 5.70. The number of allylic oxidation sites excluding steroid dienone is 2. The SMILES string of the molecule is O=C(OCc1ccccc1)N1C2C=C(C3=CCCC3)CC1CCC2. The fourth-order valence-electron chi connectivity index (χ4n) is 4.31. The predicted molar refractivity (Wildman–Crippen MR) is 94.5 cm³/mol. The van der Waals surface area contributed by atoms with Gasteiger partial charge < -0.3 is 4.74 Å². The number of hydrogen-bond acceptors (Lipinski definition) is 2. The van der Waals surface area contributed by atoms with Crippen LogP contribution in [0.1, 0.15) is 50.5 Å². The quantitative estimate of drug-likeness (QED) is 0.784. The van der Waals surface area contributed by atoms with Crippen LogP contribution in [0.15, 0.2) is 53.6 Å². The first-order chi connectivity index (χ1) is 11.8. The van der Waals surface area contributed by atoms with Gasteiger partial charge in [-0.15, -0.1) is 0 Å². The third kappa shape index (κ3) is 3.12.